The summed E-state index contributed by atoms with van der Waals surface area (Å²) in [6.45, 7) is 0.453. The fourth-order valence-electron chi connectivity index (χ4n) is 2.93. The molecule has 0 bridgehead atoms. The first-order chi connectivity index (χ1) is 12.4. The van der Waals surface area contributed by atoms with E-state index < -0.39 is 10.1 Å². The molecule has 0 N–H and O–H groups in total. The lowest BCUT2D eigenvalue weighted by molar-refractivity contribution is -0.117. The minimum atomic E-state index is -3.50. The molecule has 1 amide bonds. The summed E-state index contributed by atoms with van der Waals surface area (Å²) in [6, 6.07) is 17.0. The lowest BCUT2D eigenvalue weighted by Gasteiger charge is -2.17. The molecule has 1 saturated heterocycles. The predicted molar refractivity (Wildman–Crippen MR) is 97.8 cm³/mol. The summed E-state index contributed by atoms with van der Waals surface area (Å²) in [5.74, 6) is -0.186. The smallest absolute Gasteiger partial charge is 0.264 e. The van der Waals surface area contributed by atoms with Crippen molar-refractivity contribution >= 4 is 21.7 Å². The quantitative estimate of drug-likeness (QED) is 0.755. The van der Waals surface area contributed by atoms with E-state index in [1.807, 2.05) is 36.4 Å². The zero-order valence-electron chi connectivity index (χ0n) is 14.3. The minimum Gasteiger partial charge on any atom is -0.312 e. The molecule has 0 saturated carbocycles. The summed E-state index contributed by atoms with van der Waals surface area (Å²) in [7, 11) is -3.50. The van der Waals surface area contributed by atoms with Crippen LogP contribution in [0.15, 0.2) is 48.5 Å². The molecule has 3 rings (SSSR count). The van der Waals surface area contributed by atoms with E-state index in [1.54, 1.807) is 17.0 Å². The molecular formula is C19H18N2O4S. The lowest BCUT2D eigenvalue weighted by atomic mass is 10.0. The number of benzene rings is 2. The molecule has 1 aliphatic rings. The largest absolute Gasteiger partial charge is 0.312 e. The third-order valence-corrected chi connectivity index (χ3v) is 4.81. The molecule has 2 aromatic carbocycles. The summed E-state index contributed by atoms with van der Waals surface area (Å²) in [5, 5.41) is 8.86. The number of carbonyl (C=O) groups is 1. The van der Waals surface area contributed by atoms with Crippen molar-refractivity contribution in [1.29, 1.82) is 5.26 Å². The van der Waals surface area contributed by atoms with Crippen LogP contribution in [0.2, 0.25) is 0 Å². The van der Waals surface area contributed by atoms with Gasteiger partial charge in [0.05, 0.1) is 24.5 Å². The van der Waals surface area contributed by atoms with Gasteiger partial charge in [-0.15, -0.1) is 0 Å². The molecule has 1 atom stereocenters. The zero-order chi connectivity index (χ0) is 18.7. The molecule has 134 valence electrons. The standard InChI is InChI=1S/C19H18N2O4S/c1-26(23,24)25-13-15-10-19(22)21(12-15)18-8-6-17(7-9-18)16-4-2-14(11-20)3-5-16/h2-9,15H,10,12-13H2,1H3. The first kappa shape index (κ1) is 18.1. The molecule has 7 heteroatoms. The van der Waals surface area contributed by atoms with Gasteiger partial charge in [-0.2, -0.15) is 13.7 Å². The van der Waals surface area contributed by atoms with Crippen LogP contribution in [0, 0.1) is 17.2 Å². The number of hydrogen-bond donors (Lipinski definition) is 0. The maximum absolute atomic E-state index is 12.2. The Morgan fingerprint density at radius 1 is 1.12 bits per heavy atom. The maximum Gasteiger partial charge on any atom is 0.264 e. The van der Waals surface area contributed by atoms with Gasteiger partial charge in [0.15, 0.2) is 0 Å². The van der Waals surface area contributed by atoms with E-state index in [9.17, 15) is 13.2 Å². The summed E-state index contributed by atoms with van der Waals surface area (Å²) in [6.07, 6.45) is 1.27. The summed E-state index contributed by atoms with van der Waals surface area (Å²) < 4.78 is 27.0. The van der Waals surface area contributed by atoms with E-state index in [0.717, 1.165) is 23.1 Å². The van der Waals surface area contributed by atoms with E-state index in [1.165, 1.54) is 0 Å². The number of amides is 1. The molecule has 6 nitrogen and oxygen atoms in total. The lowest BCUT2D eigenvalue weighted by Crippen LogP contribution is -2.25. The van der Waals surface area contributed by atoms with Gasteiger partial charge < -0.3 is 4.90 Å². The maximum atomic E-state index is 12.2. The Morgan fingerprint density at radius 3 is 2.23 bits per heavy atom. The Hall–Kier alpha value is -2.69. The number of nitriles is 1. The second kappa shape index (κ2) is 7.28. The molecular weight excluding hydrogens is 352 g/mol. The summed E-state index contributed by atoms with van der Waals surface area (Å²) in [4.78, 5) is 13.9. The number of rotatable bonds is 5. The second-order valence-electron chi connectivity index (χ2n) is 6.30. The van der Waals surface area contributed by atoms with Crippen molar-refractivity contribution in [2.45, 2.75) is 6.42 Å². The van der Waals surface area contributed by atoms with Gasteiger partial charge in [0.1, 0.15) is 0 Å². The topological polar surface area (TPSA) is 87.5 Å². The zero-order valence-corrected chi connectivity index (χ0v) is 15.1. The molecule has 0 radical (unpaired) electrons. The van der Waals surface area contributed by atoms with Gasteiger partial charge in [-0.25, -0.2) is 0 Å². The van der Waals surface area contributed by atoms with Gasteiger partial charge in [0.25, 0.3) is 10.1 Å². The third kappa shape index (κ3) is 4.28. The van der Waals surface area contributed by atoms with Crippen LogP contribution in [0.4, 0.5) is 5.69 Å². The number of hydrogen-bond acceptors (Lipinski definition) is 5. The van der Waals surface area contributed by atoms with Crippen molar-refractivity contribution in [2.75, 3.05) is 24.3 Å². The van der Waals surface area contributed by atoms with Crippen molar-refractivity contribution in [2.24, 2.45) is 5.92 Å². The number of carbonyl (C=O) groups excluding carboxylic acids is 1. The molecule has 0 aliphatic carbocycles. The molecule has 26 heavy (non-hydrogen) atoms. The molecule has 0 spiro atoms. The van der Waals surface area contributed by atoms with Crippen molar-refractivity contribution in [3.05, 3.63) is 54.1 Å². The van der Waals surface area contributed by atoms with E-state index in [-0.39, 0.29) is 24.9 Å². The summed E-state index contributed by atoms with van der Waals surface area (Å²) >= 11 is 0. The fraction of sp³-hybridized carbons (Fsp3) is 0.263. The molecule has 1 unspecified atom stereocenters. The van der Waals surface area contributed by atoms with Gasteiger partial charge >= 0.3 is 0 Å². The highest BCUT2D eigenvalue weighted by atomic mass is 32.2. The van der Waals surface area contributed by atoms with Crippen LogP contribution in [0.1, 0.15) is 12.0 Å². The van der Waals surface area contributed by atoms with Crippen molar-refractivity contribution in [3.63, 3.8) is 0 Å². The molecule has 1 heterocycles. The first-order valence-electron chi connectivity index (χ1n) is 8.11. The van der Waals surface area contributed by atoms with Crippen molar-refractivity contribution in [3.8, 4) is 17.2 Å². The fourth-order valence-corrected chi connectivity index (χ4v) is 3.37. The van der Waals surface area contributed by atoms with Crippen LogP contribution < -0.4 is 4.90 Å². The SMILES string of the molecule is CS(=O)(=O)OCC1CC(=O)N(c2ccc(-c3ccc(C#N)cc3)cc2)C1. The highest BCUT2D eigenvalue weighted by molar-refractivity contribution is 7.85. The van der Waals surface area contributed by atoms with Crippen LogP contribution in [0.25, 0.3) is 11.1 Å². The number of nitrogens with zero attached hydrogens (tertiary/aromatic N) is 2. The highest BCUT2D eigenvalue weighted by Gasteiger charge is 2.31. The average Bonchev–Trinajstić information content (AvgIpc) is 3.00. The van der Waals surface area contributed by atoms with Gasteiger partial charge in [-0.1, -0.05) is 24.3 Å². The Balaban J connectivity index is 1.70. The normalized spacial score (nSPS) is 17.3. The summed E-state index contributed by atoms with van der Waals surface area (Å²) in [5.41, 5.74) is 3.36. The van der Waals surface area contributed by atoms with E-state index in [2.05, 4.69) is 6.07 Å². The average molecular weight is 370 g/mol. The van der Waals surface area contributed by atoms with Gasteiger partial charge in [-0.3, -0.25) is 8.98 Å². The van der Waals surface area contributed by atoms with Crippen molar-refractivity contribution in [1.82, 2.24) is 0 Å². The molecule has 1 aliphatic heterocycles. The van der Waals surface area contributed by atoms with Gasteiger partial charge in [0.2, 0.25) is 5.91 Å². The Kier molecular flexibility index (Phi) is 5.07. The molecule has 1 fully saturated rings. The molecule has 0 aromatic heterocycles. The van der Waals surface area contributed by atoms with Gasteiger partial charge in [-0.05, 0) is 35.4 Å². The minimum absolute atomic E-state index is 0.0183. The van der Waals surface area contributed by atoms with E-state index in [4.69, 9.17) is 9.44 Å². The van der Waals surface area contributed by atoms with Crippen LogP contribution in [-0.4, -0.2) is 33.7 Å². The third-order valence-electron chi connectivity index (χ3n) is 4.25. The first-order valence-corrected chi connectivity index (χ1v) is 9.93. The Bertz CT molecular complexity index is 945. The van der Waals surface area contributed by atoms with Crippen LogP contribution in [0.5, 0.6) is 0 Å². The highest BCUT2D eigenvalue weighted by Crippen LogP contribution is 2.28. The predicted octanol–water partition coefficient (Wildman–Crippen LogP) is 2.55. The van der Waals surface area contributed by atoms with Gasteiger partial charge in [0, 0.05) is 24.6 Å². The second-order valence-corrected chi connectivity index (χ2v) is 7.94. The van der Waals surface area contributed by atoms with Crippen LogP contribution >= 0.6 is 0 Å². The Labute approximate surface area is 152 Å². The van der Waals surface area contributed by atoms with Crippen LogP contribution in [0.3, 0.4) is 0 Å². The number of anilines is 1. The van der Waals surface area contributed by atoms with Crippen LogP contribution in [-0.2, 0) is 19.1 Å². The monoisotopic (exact) mass is 370 g/mol. The van der Waals surface area contributed by atoms with Crippen molar-refractivity contribution < 1.29 is 17.4 Å². The Morgan fingerprint density at radius 2 is 1.69 bits per heavy atom. The van der Waals surface area contributed by atoms with E-state index in [0.29, 0.717) is 12.1 Å². The van der Waals surface area contributed by atoms with E-state index >= 15 is 0 Å². The molecule has 2 aromatic rings.